The summed E-state index contributed by atoms with van der Waals surface area (Å²) >= 11 is 0. The zero-order valence-corrected chi connectivity index (χ0v) is 11.0. The first kappa shape index (κ1) is 12.4. The molecule has 0 atom stereocenters. The summed E-state index contributed by atoms with van der Waals surface area (Å²) in [6.07, 6.45) is 0.745. The number of carbonyl (C=O) groups is 1. The molecular formula is C13H17N3O2. The van der Waals surface area contributed by atoms with Gasteiger partial charge in [-0.3, -0.25) is 10.00 Å². The first-order valence-electron chi connectivity index (χ1n) is 5.77. The molecular weight excluding hydrogens is 230 g/mol. The fraction of sp³-hybridized carbons (Fsp3) is 0.385. The summed E-state index contributed by atoms with van der Waals surface area (Å²) in [5, 5.41) is 17.2. The third kappa shape index (κ3) is 2.03. The number of hydrogen-bond donors (Lipinski definition) is 2. The lowest BCUT2D eigenvalue weighted by Gasteiger charge is -2.34. The highest BCUT2D eigenvalue weighted by Gasteiger charge is 2.29. The van der Waals surface area contributed by atoms with E-state index in [0.717, 1.165) is 16.5 Å². The molecule has 18 heavy (non-hydrogen) atoms. The average molecular weight is 247 g/mol. The van der Waals surface area contributed by atoms with Gasteiger partial charge in [-0.25, -0.2) is 4.79 Å². The lowest BCUT2D eigenvalue weighted by molar-refractivity contribution is 0.195. The number of nitrogens with zero attached hydrogens (tertiary/aromatic N) is 2. The second kappa shape index (κ2) is 4.01. The molecule has 1 aromatic heterocycles. The number of aromatic nitrogens is 2. The fourth-order valence-corrected chi connectivity index (χ4v) is 2.08. The van der Waals surface area contributed by atoms with Crippen LogP contribution in [0, 0.1) is 6.92 Å². The Labute approximate surface area is 105 Å². The third-order valence-corrected chi connectivity index (χ3v) is 2.86. The summed E-state index contributed by atoms with van der Waals surface area (Å²) in [4.78, 5) is 12.9. The molecule has 0 saturated carbocycles. The molecule has 0 fully saturated rings. The van der Waals surface area contributed by atoms with Crippen LogP contribution in [0.5, 0.6) is 0 Å². The standard InChI is InChI=1S/C13H17N3O2/c1-8-5-10-9(7-14-15-10)6-11(8)16(12(17)18)13(2,3)4/h5-7H,1-4H3,(H,14,15)(H,17,18). The Kier molecular flexibility index (Phi) is 2.77. The van der Waals surface area contributed by atoms with Crippen LogP contribution in [0.1, 0.15) is 26.3 Å². The summed E-state index contributed by atoms with van der Waals surface area (Å²) in [5.74, 6) is 0. The molecule has 1 amide bonds. The number of rotatable bonds is 1. The van der Waals surface area contributed by atoms with Crippen molar-refractivity contribution in [3.05, 3.63) is 23.9 Å². The van der Waals surface area contributed by atoms with Crippen LogP contribution in [-0.4, -0.2) is 26.9 Å². The van der Waals surface area contributed by atoms with Crippen LogP contribution in [0.2, 0.25) is 0 Å². The Morgan fingerprint density at radius 1 is 1.39 bits per heavy atom. The molecule has 5 heteroatoms. The number of nitrogens with one attached hydrogen (secondary N) is 1. The van der Waals surface area contributed by atoms with Crippen LogP contribution in [0.25, 0.3) is 10.9 Å². The number of carboxylic acid groups (broad SMARTS) is 1. The molecule has 0 bridgehead atoms. The summed E-state index contributed by atoms with van der Waals surface area (Å²) in [6.45, 7) is 7.53. The first-order chi connectivity index (χ1) is 8.30. The smallest absolute Gasteiger partial charge is 0.412 e. The highest BCUT2D eigenvalue weighted by Crippen LogP contribution is 2.30. The molecule has 0 radical (unpaired) electrons. The molecule has 1 aromatic carbocycles. The van der Waals surface area contributed by atoms with Crippen molar-refractivity contribution in [2.45, 2.75) is 33.2 Å². The van der Waals surface area contributed by atoms with Gasteiger partial charge in [0.25, 0.3) is 0 Å². The minimum absolute atomic E-state index is 0.492. The number of anilines is 1. The maximum absolute atomic E-state index is 11.5. The number of amides is 1. The van der Waals surface area contributed by atoms with Crippen LogP contribution in [0.3, 0.4) is 0 Å². The quantitative estimate of drug-likeness (QED) is 0.813. The van der Waals surface area contributed by atoms with Crippen molar-refractivity contribution in [1.82, 2.24) is 10.2 Å². The van der Waals surface area contributed by atoms with E-state index in [1.165, 1.54) is 4.90 Å². The number of hydrogen-bond acceptors (Lipinski definition) is 2. The van der Waals surface area contributed by atoms with Gasteiger partial charge in [0.1, 0.15) is 0 Å². The van der Waals surface area contributed by atoms with Crippen molar-refractivity contribution in [2.75, 3.05) is 4.90 Å². The summed E-state index contributed by atoms with van der Waals surface area (Å²) < 4.78 is 0. The van der Waals surface area contributed by atoms with Gasteiger partial charge in [-0.15, -0.1) is 0 Å². The van der Waals surface area contributed by atoms with E-state index in [9.17, 15) is 9.90 Å². The number of fused-ring (bicyclic) bond motifs is 1. The van der Waals surface area contributed by atoms with E-state index in [4.69, 9.17) is 0 Å². The van der Waals surface area contributed by atoms with Crippen LogP contribution >= 0.6 is 0 Å². The zero-order chi connectivity index (χ0) is 13.5. The molecule has 2 rings (SSSR count). The maximum atomic E-state index is 11.5. The average Bonchev–Trinajstić information content (AvgIpc) is 2.62. The first-order valence-corrected chi connectivity index (χ1v) is 5.77. The highest BCUT2D eigenvalue weighted by atomic mass is 16.4. The van der Waals surface area contributed by atoms with E-state index in [2.05, 4.69) is 10.2 Å². The molecule has 0 aliphatic rings. The third-order valence-electron chi connectivity index (χ3n) is 2.86. The summed E-state index contributed by atoms with van der Waals surface area (Å²) in [7, 11) is 0. The van der Waals surface area contributed by atoms with Crippen LogP contribution in [0.15, 0.2) is 18.3 Å². The molecule has 5 nitrogen and oxygen atoms in total. The van der Waals surface area contributed by atoms with Crippen molar-refractivity contribution in [3.8, 4) is 0 Å². The van der Waals surface area contributed by atoms with Gasteiger partial charge < -0.3 is 5.11 Å². The minimum Gasteiger partial charge on any atom is -0.465 e. The Morgan fingerprint density at radius 2 is 2.06 bits per heavy atom. The molecule has 96 valence electrons. The molecule has 0 aliphatic carbocycles. The van der Waals surface area contributed by atoms with Crippen LogP contribution in [-0.2, 0) is 0 Å². The SMILES string of the molecule is Cc1cc2[nH]ncc2cc1N(C(=O)O)C(C)(C)C. The van der Waals surface area contributed by atoms with E-state index >= 15 is 0 Å². The molecule has 0 unspecified atom stereocenters. The number of aromatic amines is 1. The van der Waals surface area contributed by atoms with E-state index in [1.807, 2.05) is 39.8 Å². The summed E-state index contributed by atoms with van der Waals surface area (Å²) in [5.41, 5.74) is 2.03. The van der Waals surface area contributed by atoms with Gasteiger partial charge in [0, 0.05) is 10.9 Å². The molecule has 0 aliphatic heterocycles. The highest BCUT2D eigenvalue weighted by molar-refractivity contribution is 5.93. The van der Waals surface area contributed by atoms with E-state index < -0.39 is 11.6 Å². The normalized spacial score (nSPS) is 11.8. The Balaban J connectivity index is 2.63. The van der Waals surface area contributed by atoms with Gasteiger partial charge in [0.2, 0.25) is 0 Å². The monoisotopic (exact) mass is 247 g/mol. The predicted octanol–water partition coefficient (Wildman–Crippen LogP) is 3.15. The van der Waals surface area contributed by atoms with Crippen molar-refractivity contribution in [2.24, 2.45) is 0 Å². The summed E-state index contributed by atoms with van der Waals surface area (Å²) in [6, 6.07) is 3.77. The topological polar surface area (TPSA) is 69.2 Å². The maximum Gasteiger partial charge on any atom is 0.412 e. The Bertz CT molecular complexity index is 596. The minimum atomic E-state index is -0.951. The van der Waals surface area contributed by atoms with Gasteiger partial charge in [-0.1, -0.05) is 0 Å². The molecule has 0 saturated heterocycles. The molecule has 0 spiro atoms. The van der Waals surface area contributed by atoms with Crippen LogP contribution in [0.4, 0.5) is 10.5 Å². The molecule has 2 N–H and O–H groups in total. The van der Waals surface area contributed by atoms with Crippen molar-refractivity contribution < 1.29 is 9.90 Å². The number of H-pyrrole nitrogens is 1. The van der Waals surface area contributed by atoms with Gasteiger partial charge in [-0.2, -0.15) is 5.10 Å². The predicted molar refractivity (Wildman–Crippen MR) is 71.1 cm³/mol. The van der Waals surface area contributed by atoms with Crippen molar-refractivity contribution >= 4 is 22.7 Å². The number of benzene rings is 1. The van der Waals surface area contributed by atoms with Gasteiger partial charge in [0.15, 0.2) is 0 Å². The largest absolute Gasteiger partial charge is 0.465 e. The van der Waals surface area contributed by atoms with E-state index in [0.29, 0.717) is 5.69 Å². The molecule has 1 heterocycles. The zero-order valence-electron chi connectivity index (χ0n) is 11.0. The Hall–Kier alpha value is -2.04. The van der Waals surface area contributed by atoms with Crippen molar-refractivity contribution in [1.29, 1.82) is 0 Å². The Morgan fingerprint density at radius 3 is 2.61 bits per heavy atom. The van der Waals surface area contributed by atoms with Gasteiger partial charge in [0.05, 0.1) is 17.4 Å². The van der Waals surface area contributed by atoms with Crippen molar-refractivity contribution in [3.63, 3.8) is 0 Å². The van der Waals surface area contributed by atoms with Gasteiger partial charge in [-0.05, 0) is 45.4 Å². The molecule has 2 aromatic rings. The van der Waals surface area contributed by atoms with Crippen LogP contribution < -0.4 is 4.90 Å². The lowest BCUT2D eigenvalue weighted by Crippen LogP contribution is -2.45. The van der Waals surface area contributed by atoms with E-state index in [-0.39, 0.29) is 0 Å². The second-order valence-electron chi connectivity index (χ2n) is 5.38. The fourth-order valence-electron chi connectivity index (χ4n) is 2.08. The number of aryl methyl sites for hydroxylation is 1. The van der Waals surface area contributed by atoms with Gasteiger partial charge >= 0.3 is 6.09 Å². The second-order valence-corrected chi connectivity index (χ2v) is 5.38. The lowest BCUT2D eigenvalue weighted by atomic mass is 10.0. The van der Waals surface area contributed by atoms with E-state index in [1.54, 1.807) is 6.20 Å².